The molecule has 1 aliphatic heterocycles. The van der Waals surface area contributed by atoms with E-state index in [1.807, 2.05) is 0 Å². The lowest BCUT2D eigenvalue weighted by Gasteiger charge is -2.16. The zero-order chi connectivity index (χ0) is 11.1. The third-order valence-electron chi connectivity index (χ3n) is 2.84. The molecular formula is C9H12N6O. The van der Waals surface area contributed by atoms with Crippen molar-refractivity contribution in [1.82, 2.24) is 19.6 Å². The van der Waals surface area contributed by atoms with Crippen LogP contribution in [0.3, 0.4) is 0 Å². The Balaban J connectivity index is 2.13. The van der Waals surface area contributed by atoms with Gasteiger partial charge in [-0.1, -0.05) is 0 Å². The molecule has 1 aliphatic rings. The summed E-state index contributed by atoms with van der Waals surface area (Å²) in [4.78, 5) is 17.7. The Morgan fingerprint density at radius 2 is 2.44 bits per heavy atom. The lowest BCUT2D eigenvalue weighted by molar-refractivity contribution is 0.751. The monoisotopic (exact) mass is 220 g/mol. The molecule has 2 aromatic rings. The maximum atomic E-state index is 11.4. The second-order valence-corrected chi connectivity index (χ2v) is 3.97. The van der Waals surface area contributed by atoms with Gasteiger partial charge in [-0.15, -0.1) is 5.10 Å². The van der Waals surface area contributed by atoms with Crippen molar-refractivity contribution in [1.29, 1.82) is 0 Å². The first-order valence-corrected chi connectivity index (χ1v) is 5.18. The molecule has 16 heavy (non-hydrogen) atoms. The van der Waals surface area contributed by atoms with E-state index in [4.69, 9.17) is 5.73 Å². The molecule has 0 amide bonds. The van der Waals surface area contributed by atoms with Crippen molar-refractivity contribution in [2.45, 2.75) is 12.5 Å². The molecule has 2 aromatic heterocycles. The highest BCUT2D eigenvalue weighted by atomic mass is 16.1. The number of hydrogen-bond acceptors (Lipinski definition) is 5. The number of fused-ring (bicyclic) bond motifs is 1. The summed E-state index contributed by atoms with van der Waals surface area (Å²) in [6.45, 7) is 1.61. The lowest BCUT2D eigenvalue weighted by atomic mass is 10.3. The Hall–Kier alpha value is -1.89. The third-order valence-corrected chi connectivity index (χ3v) is 2.84. The minimum Gasteiger partial charge on any atom is -0.352 e. The quantitative estimate of drug-likeness (QED) is 0.640. The van der Waals surface area contributed by atoms with Gasteiger partial charge in [0.05, 0.1) is 0 Å². The Bertz CT molecular complexity index is 573. The second-order valence-electron chi connectivity index (χ2n) is 3.97. The van der Waals surface area contributed by atoms with Gasteiger partial charge in [0, 0.05) is 31.5 Å². The summed E-state index contributed by atoms with van der Waals surface area (Å²) in [5.41, 5.74) is 6.15. The topological polar surface area (TPSA) is 92.3 Å². The van der Waals surface area contributed by atoms with Crippen molar-refractivity contribution in [3.8, 4) is 0 Å². The molecule has 1 fully saturated rings. The highest BCUT2D eigenvalue weighted by molar-refractivity contribution is 5.63. The van der Waals surface area contributed by atoms with Crippen LogP contribution in [0, 0.1) is 0 Å². The van der Waals surface area contributed by atoms with Gasteiger partial charge in [0.15, 0.2) is 5.82 Å². The molecule has 0 unspecified atom stereocenters. The number of nitrogens with two attached hydrogens (primary N) is 1. The van der Waals surface area contributed by atoms with Crippen LogP contribution in [0.25, 0.3) is 5.65 Å². The van der Waals surface area contributed by atoms with Crippen LogP contribution in [-0.2, 0) is 0 Å². The molecule has 7 nitrogen and oxygen atoms in total. The number of nitrogens with one attached hydrogen (secondary N) is 1. The predicted molar refractivity (Wildman–Crippen MR) is 58.4 cm³/mol. The van der Waals surface area contributed by atoms with Crippen LogP contribution in [0.2, 0.25) is 0 Å². The van der Waals surface area contributed by atoms with Gasteiger partial charge in [-0.05, 0) is 6.42 Å². The van der Waals surface area contributed by atoms with Crippen LogP contribution in [-0.4, -0.2) is 38.7 Å². The van der Waals surface area contributed by atoms with Gasteiger partial charge in [0.1, 0.15) is 0 Å². The zero-order valence-electron chi connectivity index (χ0n) is 8.63. The van der Waals surface area contributed by atoms with E-state index in [0.717, 1.165) is 19.5 Å². The molecule has 3 heterocycles. The van der Waals surface area contributed by atoms with Crippen LogP contribution < -0.4 is 16.3 Å². The largest absolute Gasteiger partial charge is 0.352 e. The van der Waals surface area contributed by atoms with Crippen LogP contribution >= 0.6 is 0 Å². The standard InChI is InChI=1S/C9H12N6O/c10-6-1-3-14(5-6)7-8-12-13-9(16)15(8)4-2-11-7/h2,4,6H,1,3,5,10H2,(H,13,16)/t6-/m1/s1. The van der Waals surface area contributed by atoms with Crippen LogP contribution in [0.5, 0.6) is 0 Å². The molecule has 0 aliphatic carbocycles. The van der Waals surface area contributed by atoms with Gasteiger partial charge >= 0.3 is 5.69 Å². The highest BCUT2D eigenvalue weighted by Crippen LogP contribution is 2.19. The van der Waals surface area contributed by atoms with E-state index in [-0.39, 0.29) is 11.7 Å². The molecule has 1 atom stereocenters. The number of aromatic nitrogens is 4. The minimum atomic E-state index is -0.248. The summed E-state index contributed by atoms with van der Waals surface area (Å²) in [6, 6.07) is 0.174. The fourth-order valence-corrected chi connectivity index (χ4v) is 2.03. The molecular weight excluding hydrogens is 208 g/mol. The molecule has 7 heteroatoms. The van der Waals surface area contributed by atoms with Crippen molar-refractivity contribution < 1.29 is 0 Å². The molecule has 3 rings (SSSR count). The zero-order valence-corrected chi connectivity index (χ0v) is 8.63. The maximum Gasteiger partial charge on any atom is 0.347 e. The Morgan fingerprint density at radius 1 is 1.56 bits per heavy atom. The first-order chi connectivity index (χ1) is 7.75. The smallest absolute Gasteiger partial charge is 0.347 e. The molecule has 0 aromatic carbocycles. The van der Waals surface area contributed by atoms with Crippen LogP contribution in [0.4, 0.5) is 5.82 Å². The Kier molecular flexibility index (Phi) is 1.93. The van der Waals surface area contributed by atoms with Gasteiger partial charge in [-0.25, -0.2) is 19.3 Å². The number of aromatic amines is 1. The first kappa shape index (κ1) is 9.34. The van der Waals surface area contributed by atoms with E-state index in [9.17, 15) is 4.79 Å². The van der Waals surface area contributed by atoms with E-state index < -0.39 is 0 Å². The normalized spacial score (nSPS) is 20.8. The van der Waals surface area contributed by atoms with E-state index in [1.165, 1.54) is 4.40 Å². The fourth-order valence-electron chi connectivity index (χ4n) is 2.03. The van der Waals surface area contributed by atoms with E-state index in [0.29, 0.717) is 11.5 Å². The molecule has 84 valence electrons. The summed E-state index contributed by atoms with van der Waals surface area (Å²) in [7, 11) is 0. The molecule has 0 bridgehead atoms. The average molecular weight is 220 g/mol. The lowest BCUT2D eigenvalue weighted by Crippen LogP contribution is -2.27. The van der Waals surface area contributed by atoms with Gasteiger partial charge in [0.2, 0.25) is 5.65 Å². The van der Waals surface area contributed by atoms with Gasteiger partial charge in [-0.3, -0.25) is 0 Å². The summed E-state index contributed by atoms with van der Waals surface area (Å²) in [6.07, 6.45) is 4.14. The van der Waals surface area contributed by atoms with E-state index in [2.05, 4.69) is 20.1 Å². The third kappa shape index (κ3) is 1.28. The molecule has 0 spiro atoms. The van der Waals surface area contributed by atoms with E-state index >= 15 is 0 Å². The number of H-pyrrole nitrogens is 1. The maximum absolute atomic E-state index is 11.4. The van der Waals surface area contributed by atoms with Crippen molar-refractivity contribution in [3.63, 3.8) is 0 Å². The predicted octanol–water partition coefficient (Wildman–Crippen LogP) is -1.05. The second kappa shape index (κ2) is 3.31. The molecule has 0 radical (unpaired) electrons. The van der Waals surface area contributed by atoms with Crippen molar-refractivity contribution in [3.05, 3.63) is 22.9 Å². The van der Waals surface area contributed by atoms with Crippen LogP contribution in [0.1, 0.15) is 6.42 Å². The number of hydrogen-bond donors (Lipinski definition) is 2. The summed E-state index contributed by atoms with van der Waals surface area (Å²) >= 11 is 0. The average Bonchev–Trinajstić information content (AvgIpc) is 2.86. The first-order valence-electron chi connectivity index (χ1n) is 5.18. The molecule has 1 saturated heterocycles. The van der Waals surface area contributed by atoms with Crippen molar-refractivity contribution in [2.24, 2.45) is 5.73 Å². The fraction of sp³-hybridized carbons (Fsp3) is 0.444. The molecule has 3 N–H and O–H groups in total. The highest BCUT2D eigenvalue weighted by Gasteiger charge is 2.23. The van der Waals surface area contributed by atoms with Gasteiger partial charge in [-0.2, -0.15) is 0 Å². The molecule has 0 saturated carbocycles. The number of rotatable bonds is 1. The summed E-state index contributed by atoms with van der Waals surface area (Å²) in [5.74, 6) is 0.716. The van der Waals surface area contributed by atoms with Crippen molar-refractivity contribution >= 4 is 11.5 Å². The number of anilines is 1. The van der Waals surface area contributed by atoms with E-state index in [1.54, 1.807) is 12.4 Å². The van der Waals surface area contributed by atoms with Gasteiger partial charge in [0.25, 0.3) is 0 Å². The summed E-state index contributed by atoms with van der Waals surface area (Å²) in [5, 5.41) is 6.38. The number of nitrogens with zero attached hydrogens (tertiary/aromatic N) is 4. The summed E-state index contributed by atoms with van der Waals surface area (Å²) < 4.78 is 1.45. The van der Waals surface area contributed by atoms with Crippen LogP contribution in [0.15, 0.2) is 17.2 Å². The van der Waals surface area contributed by atoms with Gasteiger partial charge < -0.3 is 10.6 Å². The SMILES string of the molecule is N[C@@H]1CCN(c2nccn3c(=O)[nH]nc23)C1. The minimum absolute atomic E-state index is 0.174. The Labute approximate surface area is 90.9 Å². The Morgan fingerprint density at radius 3 is 3.19 bits per heavy atom. The van der Waals surface area contributed by atoms with Crippen molar-refractivity contribution in [2.75, 3.05) is 18.0 Å².